The van der Waals surface area contributed by atoms with Gasteiger partial charge in [-0.2, -0.15) is 0 Å². The summed E-state index contributed by atoms with van der Waals surface area (Å²) in [7, 11) is 0. The van der Waals surface area contributed by atoms with E-state index in [4.69, 9.17) is 38.9 Å². The third kappa shape index (κ3) is 14.4. The van der Waals surface area contributed by atoms with E-state index in [2.05, 4.69) is 0 Å². The molecular weight excluding hydrogens is 562 g/mol. The Bertz CT molecular complexity index is 1180. The lowest BCUT2D eigenvalue weighted by atomic mass is 10.1. The van der Waals surface area contributed by atoms with Crippen LogP contribution in [0, 0.1) is 11.8 Å². The highest BCUT2D eigenvalue weighted by Gasteiger charge is 2.22. The first-order chi connectivity index (χ1) is 20.4. The number of carbonyl (C=O) groups excluding carboxylic acids is 4. The number of rotatable bonds is 15. The average molecular weight is 604 g/mol. The molecule has 43 heavy (non-hydrogen) atoms. The van der Waals surface area contributed by atoms with Crippen LogP contribution in [0.1, 0.15) is 53.0 Å². The second-order valence-electron chi connectivity index (χ2n) is 10.6. The highest BCUT2D eigenvalue weighted by molar-refractivity contribution is 5.76. The lowest BCUT2D eigenvalue weighted by Gasteiger charge is -2.16. The molecule has 2 N–H and O–H groups in total. The summed E-state index contributed by atoms with van der Waals surface area (Å²) in [5.41, 5.74) is 6.51. The summed E-state index contributed by atoms with van der Waals surface area (Å²) in [6, 6.07) is 11.6. The predicted octanol–water partition coefficient (Wildman–Crippen LogP) is 5.83. The minimum Gasteiger partial charge on any atom is -0.461 e. The van der Waals surface area contributed by atoms with Gasteiger partial charge in [0, 0.05) is 0 Å². The normalized spacial score (nSPS) is 12.2. The van der Waals surface area contributed by atoms with Crippen molar-refractivity contribution < 1.29 is 52.3 Å². The molecule has 236 valence electrons. The Morgan fingerprint density at radius 2 is 1.28 bits per heavy atom. The lowest BCUT2D eigenvalue weighted by Crippen LogP contribution is -2.36. The number of hydrogen-bond donors (Lipinski definition) is 1. The number of hydrogen-bond acceptors (Lipinski definition) is 12. The molecule has 0 heterocycles. The monoisotopic (exact) mass is 603 g/mol. The first-order valence-corrected chi connectivity index (χ1v) is 14.1. The van der Waals surface area contributed by atoms with Gasteiger partial charge >= 0.3 is 24.4 Å². The van der Waals surface area contributed by atoms with E-state index in [1.165, 1.54) is 19.1 Å². The highest BCUT2D eigenvalue weighted by Crippen LogP contribution is 2.30. The van der Waals surface area contributed by atoms with Crippen LogP contribution in [0.3, 0.4) is 0 Å². The molecule has 0 radical (unpaired) electrons. The number of para-hydroxylation sites is 1. The van der Waals surface area contributed by atoms with Crippen LogP contribution in [-0.4, -0.2) is 56.4 Å². The van der Waals surface area contributed by atoms with Crippen molar-refractivity contribution in [1.82, 2.24) is 0 Å². The molecule has 0 aliphatic heterocycles. The van der Waals surface area contributed by atoms with Gasteiger partial charge in [-0.25, -0.2) is 14.4 Å². The second kappa shape index (κ2) is 18.3. The van der Waals surface area contributed by atoms with Gasteiger partial charge in [-0.15, -0.1) is 0 Å². The largest absolute Gasteiger partial charge is 0.514 e. The number of esters is 1. The van der Waals surface area contributed by atoms with Crippen LogP contribution in [0.4, 0.5) is 14.4 Å². The van der Waals surface area contributed by atoms with E-state index in [0.29, 0.717) is 36.0 Å². The molecule has 0 aliphatic carbocycles. The molecule has 0 saturated heterocycles. The smallest absolute Gasteiger partial charge is 0.461 e. The van der Waals surface area contributed by atoms with Gasteiger partial charge in [0.15, 0.2) is 11.5 Å². The Kier molecular flexibility index (Phi) is 14.8. The van der Waals surface area contributed by atoms with Crippen molar-refractivity contribution >= 4 is 24.4 Å². The van der Waals surface area contributed by atoms with Gasteiger partial charge in [0.2, 0.25) is 0 Å². The summed E-state index contributed by atoms with van der Waals surface area (Å²) in [5.74, 6) is 0.00159. The summed E-state index contributed by atoms with van der Waals surface area (Å²) < 4.78 is 36.0. The van der Waals surface area contributed by atoms with E-state index in [9.17, 15) is 19.2 Å². The molecule has 0 aromatic heterocycles. The zero-order valence-electron chi connectivity index (χ0n) is 25.2. The Labute approximate surface area is 251 Å². The van der Waals surface area contributed by atoms with Crippen LogP contribution in [0.5, 0.6) is 17.2 Å². The first kappa shape index (κ1) is 34.9. The van der Waals surface area contributed by atoms with E-state index < -0.39 is 36.6 Å². The van der Waals surface area contributed by atoms with Gasteiger partial charge in [0.25, 0.3) is 0 Å². The maximum atomic E-state index is 12.5. The molecule has 12 nitrogen and oxygen atoms in total. The highest BCUT2D eigenvalue weighted by atomic mass is 16.7. The number of nitrogens with two attached hydrogens (primary N) is 1. The SMILES string of the molecule is CC(C)CCOC(=O)Oc1ccc(C[C@H](N)C(=O)OC[C@H](C)OC(=O)Oc2ccccc2)cc1OC(=O)OCCC(C)C. The quantitative estimate of drug-likeness (QED) is 0.148. The van der Waals surface area contributed by atoms with Crippen LogP contribution in [0.15, 0.2) is 48.5 Å². The molecule has 12 heteroatoms. The molecule has 2 atom stereocenters. The molecule has 0 spiro atoms. The number of carbonyl (C=O) groups is 4. The third-order valence-corrected chi connectivity index (χ3v) is 5.69. The zero-order valence-corrected chi connectivity index (χ0v) is 25.2. The van der Waals surface area contributed by atoms with Crippen LogP contribution in [0.2, 0.25) is 0 Å². The van der Waals surface area contributed by atoms with E-state index in [1.54, 1.807) is 36.4 Å². The lowest BCUT2D eigenvalue weighted by molar-refractivity contribution is -0.148. The Morgan fingerprint density at radius 1 is 0.698 bits per heavy atom. The summed E-state index contributed by atoms with van der Waals surface area (Å²) in [4.78, 5) is 48.9. The molecule has 0 saturated carbocycles. The van der Waals surface area contributed by atoms with Crippen molar-refractivity contribution in [2.75, 3.05) is 19.8 Å². The molecule has 0 amide bonds. The first-order valence-electron chi connectivity index (χ1n) is 14.1. The fourth-order valence-corrected chi connectivity index (χ4v) is 3.29. The summed E-state index contributed by atoms with van der Waals surface area (Å²) >= 11 is 0. The second-order valence-corrected chi connectivity index (χ2v) is 10.6. The van der Waals surface area contributed by atoms with Crippen molar-refractivity contribution in [3.05, 3.63) is 54.1 Å². The molecule has 0 bridgehead atoms. The van der Waals surface area contributed by atoms with Crippen molar-refractivity contribution in [1.29, 1.82) is 0 Å². The summed E-state index contributed by atoms with van der Waals surface area (Å²) in [5, 5.41) is 0. The molecule has 0 unspecified atom stereocenters. The standard InChI is InChI=1S/C31H41NO11/c1-20(2)13-15-37-29(34)42-26-12-11-23(18-27(26)43-30(35)38-16-14-21(3)4)17-25(32)28(33)39-19-22(5)40-31(36)41-24-9-7-6-8-10-24/h6-12,18,20-22,25H,13-17,19,32H2,1-5H3/t22-,25-/m0/s1. The molecular formula is C31H41NO11. The fraction of sp³-hybridized carbons (Fsp3) is 0.484. The van der Waals surface area contributed by atoms with Crippen molar-refractivity contribution in [2.45, 2.75) is 66.0 Å². The molecule has 2 aromatic rings. The minimum atomic E-state index is -1.11. The Hall–Kier alpha value is -4.32. The van der Waals surface area contributed by atoms with Crippen LogP contribution in [0.25, 0.3) is 0 Å². The Morgan fingerprint density at radius 3 is 1.86 bits per heavy atom. The van der Waals surface area contributed by atoms with Gasteiger partial charge in [0.1, 0.15) is 24.5 Å². The van der Waals surface area contributed by atoms with Gasteiger partial charge < -0.3 is 38.9 Å². The third-order valence-electron chi connectivity index (χ3n) is 5.69. The zero-order chi connectivity index (χ0) is 31.8. The average Bonchev–Trinajstić information content (AvgIpc) is 2.93. The van der Waals surface area contributed by atoms with Gasteiger partial charge in [-0.05, 0) is 67.9 Å². The van der Waals surface area contributed by atoms with E-state index in [-0.39, 0.29) is 37.7 Å². The number of ether oxygens (including phenoxy) is 7. The predicted molar refractivity (Wildman–Crippen MR) is 155 cm³/mol. The van der Waals surface area contributed by atoms with Crippen LogP contribution >= 0.6 is 0 Å². The van der Waals surface area contributed by atoms with Crippen LogP contribution in [-0.2, 0) is 30.2 Å². The van der Waals surface area contributed by atoms with Crippen molar-refractivity contribution in [3.8, 4) is 17.2 Å². The molecule has 0 fully saturated rings. The molecule has 2 aromatic carbocycles. The van der Waals surface area contributed by atoms with Crippen molar-refractivity contribution in [3.63, 3.8) is 0 Å². The van der Waals surface area contributed by atoms with E-state index in [1.807, 2.05) is 27.7 Å². The minimum absolute atomic E-state index is 0.0119. The Balaban J connectivity index is 1.97. The van der Waals surface area contributed by atoms with E-state index >= 15 is 0 Å². The topological polar surface area (TPSA) is 159 Å². The van der Waals surface area contributed by atoms with Gasteiger partial charge in [0.05, 0.1) is 13.2 Å². The maximum absolute atomic E-state index is 12.5. The molecule has 2 rings (SSSR count). The molecule has 0 aliphatic rings. The van der Waals surface area contributed by atoms with Gasteiger partial charge in [-0.3, -0.25) is 4.79 Å². The maximum Gasteiger partial charge on any atom is 0.514 e. The van der Waals surface area contributed by atoms with Gasteiger partial charge in [-0.1, -0.05) is 52.0 Å². The van der Waals surface area contributed by atoms with Crippen molar-refractivity contribution in [2.24, 2.45) is 17.6 Å². The van der Waals surface area contributed by atoms with Crippen LogP contribution < -0.4 is 19.9 Å². The summed E-state index contributed by atoms with van der Waals surface area (Å²) in [6.45, 7) is 9.53. The van der Waals surface area contributed by atoms with E-state index in [0.717, 1.165) is 0 Å². The number of benzene rings is 2. The summed E-state index contributed by atoms with van der Waals surface area (Å²) in [6.07, 6.45) is -2.42. The fourth-order valence-electron chi connectivity index (χ4n) is 3.29.